The molecule has 0 unspecified atom stereocenters. The second kappa shape index (κ2) is 8.27. The summed E-state index contributed by atoms with van der Waals surface area (Å²) < 4.78 is 25.3. The fourth-order valence-corrected chi connectivity index (χ4v) is 3.47. The summed E-state index contributed by atoms with van der Waals surface area (Å²) in [5.41, 5.74) is 3.80. The number of benzene rings is 3. The van der Waals surface area contributed by atoms with E-state index in [1.54, 1.807) is 18.2 Å². The minimum atomic E-state index is -3.41. The van der Waals surface area contributed by atoms with E-state index >= 15 is 0 Å². The van der Waals surface area contributed by atoms with Gasteiger partial charge >= 0.3 is 0 Å². The highest BCUT2D eigenvalue weighted by molar-refractivity contribution is 7.92. The number of nitrogens with one attached hydrogen (secondary N) is 2. The molecule has 1 amide bonds. The van der Waals surface area contributed by atoms with Gasteiger partial charge in [-0.05, 0) is 36.2 Å². The number of rotatable bonds is 6. The third kappa shape index (κ3) is 5.20. The number of anilines is 1. The minimum Gasteiger partial charge on any atom is -0.341 e. The molecule has 0 aliphatic heterocycles. The summed E-state index contributed by atoms with van der Waals surface area (Å²) in [5.74, 6) is -0.286. The molecule has 28 heavy (non-hydrogen) atoms. The highest BCUT2D eigenvalue weighted by Gasteiger charge is 2.18. The Morgan fingerprint density at radius 1 is 0.857 bits per heavy atom. The van der Waals surface area contributed by atoms with E-state index in [4.69, 9.17) is 0 Å². The zero-order chi connectivity index (χ0) is 20.1. The Morgan fingerprint density at radius 3 is 2.14 bits per heavy atom. The SMILES string of the molecule is Cc1ccc([C@@H](NC(=O)c2cccc(NS(C)(=O)=O)c2)c2ccccc2)cc1. The average Bonchev–Trinajstić information content (AvgIpc) is 2.66. The molecule has 0 saturated heterocycles. The van der Waals surface area contributed by atoms with Gasteiger partial charge in [0.25, 0.3) is 5.91 Å². The normalized spacial score (nSPS) is 12.2. The van der Waals surface area contributed by atoms with E-state index in [9.17, 15) is 13.2 Å². The van der Waals surface area contributed by atoms with E-state index in [2.05, 4.69) is 10.0 Å². The summed E-state index contributed by atoms with van der Waals surface area (Å²) in [6, 6.07) is 23.8. The maximum Gasteiger partial charge on any atom is 0.252 e. The smallest absolute Gasteiger partial charge is 0.252 e. The van der Waals surface area contributed by atoms with Crippen molar-refractivity contribution in [2.45, 2.75) is 13.0 Å². The van der Waals surface area contributed by atoms with Crippen LogP contribution in [0.5, 0.6) is 0 Å². The first-order valence-electron chi connectivity index (χ1n) is 8.82. The Hall–Kier alpha value is -3.12. The summed E-state index contributed by atoms with van der Waals surface area (Å²) in [6.45, 7) is 2.01. The van der Waals surface area contributed by atoms with Crippen LogP contribution in [-0.4, -0.2) is 20.6 Å². The summed E-state index contributed by atoms with van der Waals surface area (Å²) in [5, 5.41) is 3.06. The van der Waals surface area contributed by atoms with Crippen LogP contribution >= 0.6 is 0 Å². The number of carbonyl (C=O) groups is 1. The molecule has 0 radical (unpaired) electrons. The van der Waals surface area contributed by atoms with Crippen LogP contribution < -0.4 is 10.0 Å². The molecule has 0 spiro atoms. The average molecular weight is 394 g/mol. The van der Waals surface area contributed by atoms with Gasteiger partial charge in [-0.2, -0.15) is 0 Å². The number of amides is 1. The van der Waals surface area contributed by atoms with Crippen molar-refractivity contribution >= 4 is 21.6 Å². The zero-order valence-electron chi connectivity index (χ0n) is 15.7. The van der Waals surface area contributed by atoms with Crippen molar-refractivity contribution in [3.05, 3.63) is 101 Å². The van der Waals surface area contributed by atoms with E-state index in [-0.39, 0.29) is 11.9 Å². The third-order valence-electron chi connectivity index (χ3n) is 4.25. The van der Waals surface area contributed by atoms with Crippen molar-refractivity contribution in [2.24, 2.45) is 0 Å². The molecule has 0 aliphatic rings. The molecule has 2 N–H and O–H groups in total. The molecule has 6 heteroatoms. The van der Waals surface area contributed by atoms with Gasteiger partial charge in [-0.1, -0.05) is 66.2 Å². The fraction of sp³-hybridized carbons (Fsp3) is 0.136. The predicted molar refractivity (Wildman–Crippen MR) is 112 cm³/mol. The second-order valence-corrected chi connectivity index (χ2v) is 8.43. The first-order valence-corrected chi connectivity index (χ1v) is 10.7. The Labute approximate surface area is 165 Å². The first-order chi connectivity index (χ1) is 13.3. The van der Waals surface area contributed by atoms with Crippen LogP contribution in [0.15, 0.2) is 78.9 Å². The highest BCUT2D eigenvalue weighted by atomic mass is 32.2. The molecule has 0 aromatic heterocycles. The monoisotopic (exact) mass is 394 g/mol. The number of sulfonamides is 1. The number of aryl methyl sites for hydroxylation is 1. The number of carbonyl (C=O) groups excluding carboxylic acids is 1. The molecular formula is C22H22N2O3S. The Balaban J connectivity index is 1.90. The molecular weight excluding hydrogens is 372 g/mol. The highest BCUT2D eigenvalue weighted by Crippen LogP contribution is 2.23. The van der Waals surface area contributed by atoms with Crippen molar-refractivity contribution < 1.29 is 13.2 Å². The Morgan fingerprint density at radius 2 is 1.50 bits per heavy atom. The van der Waals surface area contributed by atoms with Crippen LogP contribution in [0.25, 0.3) is 0 Å². The maximum absolute atomic E-state index is 12.9. The van der Waals surface area contributed by atoms with Crippen molar-refractivity contribution in [3.8, 4) is 0 Å². The van der Waals surface area contributed by atoms with Crippen molar-refractivity contribution in [3.63, 3.8) is 0 Å². The third-order valence-corrected chi connectivity index (χ3v) is 4.85. The van der Waals surface area contributed by atoms with Crippen LogP contribution in [0, 0.1) is 6.92 Å². The van der Waals surface area contributed by atoms with Gasteiger partial charge in [0.2, 0.25) is 10.0 Å². The van der Waals surface area contributed by atoms with Gasteiger partial charge in [-0.3, -0.25) is 9.52 Å². The van der Waals surface area contributed by atoms with Crippen LogP contribution in [0.3, 0.4) is 0 Å². The lowest BCUT2D eigenvalue weighted by Crippen LogP contribution is -2.29. The molecule has 0 heterocycles. The fourth-order valence-electron chi connectivity index (χ4n) is 2.92. The summed E-state index contributed by atoms with van der Waals surface area (Å²) in [7, 11) is -3.41. The quantitative estimate of drug-likeness (QED) is 0.666. The number of hydrogen-bond donors (Lipinski definition) is 2. The lowest BCUT2D eigenvalue weighted by Gasteiger charge is -2.20. The molecule has 0 aliphatic carbocycles. The molecule has 3 aromatic carbocycles. The molecule has 5 nitrogen and oxygen atoms in total. The zero-order valence-corrected chi connectivity index (χ0v) is 16.5. The van der Waals surface area contributed by atoms with Gasteiger partial charge in [0.1, 0.15) is 0 Å². The second-order valence-electron chi connectivity index (χ2n) is 6.68. The van der Waals surface area contributed by atoms with Crippen LogP contribution in [0.2, 0.25) is 0 Å². The molecule has 1 atom stereocenters. The molecule has 0 saturated carbocycles. The Bertz CT molecular complexity index is 1060. The largest absolute Gasteiger partial charge is 0.341 e. The Kier molecular flexibility index (Phi) is 5.80. The molecule has 144 valence electrons. The van der Waals surface area contributed by atoms with E-state index in [1.807, 2.05) is 61.5 Å². The molecule has 3 rings (SSSR count). The topological polar surface area (TPSA) is 75.3 Å². The van der Waals surface area contributed by atoms with Gasteiger partial charge in [-0.15, -0.1) is 0 Å². The predicted octanol–water partition coefficient (Wildman–Crippen LogP) is 3.89. The standard InChI is InChI=1S/C22H22N2O3S/c1-16-11-13-18(14-12-16)21(17-7-4-3-5-8-17)23-22(25)19-9-6-10-20(15-19)24-28(2,26)27/h3-15,21,24H,1-2H3,(H,23,25)/t21-/m0/s1. The number of hydrogen-bond acceptors (Lipinski definition) is 3. The van der Waals surface area contributed by atoms with Gasteiger partial charge in [0, 0.05) is 11.3 Å². The van der Waals surface area contributed by atoms with Crippen LogP contribution in [0.4, 0.5) is 5.69 Å². The van der Waals surface area contributed by atoms with Crippen molar-refractivity contribution in [1.29, 1.82) is 0 Å². The van der Waals surface area contributed by atoms with Gasteiger partial charge in [0.15, 0.2) is 0 Å². The minimum absolute atomic E-state index is 0.286. The first kappa shape index (κ1) is 19.6. The summed E-state index contributed by atoms with van der Waals surface area (Å²) in [4.78, 5) is 12.9. The van der Waals surface area contributed by atoms with Gasteiger partial charge in [-0.25, -0.2) is 8.42 Å². The summed E-state index contributed by atoms with van der Waals surface area (Å²) >= 11 is 0. The lowest BCUT2D eigenvalue weighted by atomic mass is 9.97. The summed E-state index contributed by atoms with van der Waals surface area (Å²) in [6.07, 6.45) is 1.07. The van der Waals surface area contributed by atoms with Crippen molar-refractivity contribution in [2.75, 3.05) is 11.0 Å². The van der Waals surface area contributed by atoms with E-state index in [1.165, 1.54) is 6.07 Å². The van der Waals surface area contributed by atoms with Gasteiger partial charge in [0.05, 0.1) is 12.3 Å². The van der Waals surface area contributed by atoms with Gasteiger partial charge < -0.3 is 5.32 Å². The van der Waals surface area contributed by atoms with E-state index in [0.717, 1.165) is 22.9 Å². The van der Waals surface area contributed by atoms with E-state index in [0.29, 0.717) is 11.3 Å². The molecule has 0 fully saturated rings. The molecule has 3 aromatic rings. The van der Waals surface area contributed by atoms with Crippen molar-refractivity contribution in [1.82, 2.24) is 5.32 Å². The molecule has 0 bridgehead atoms. The van der Waals surface area contributed by atoms with Crippen LogP contribution in [0.1, 0.15) is 33.1 Å². The van der Waals surface area contributed by atoms with Crippen LogP contribution in [-0.2, 0) is 10.0 Å². The lowest BCUT2D eigenvalue weighted by molar-refractivity contribution is 0.0943. The van der Waals surface area contributed by atoms with E-state index < -0.39 is 10.0 Å². The maximum atomic E-state index is 12.9.